The molecule has 0 aliphatic rings. The summed E-state index contributed by atoms with van der Waals surface area (Å²) in [6, 6.07) is 3.71. The molecule has 2 rings (SSSR count). The van der Waals surface area contributed by atoms with Crippen molar-refractivity contribution in [2.24, 2.45) is 0 Å². The Morgan fingerprint density at radius 1 is 1.25 bits per heavy atom. The van der Waals surface area contributed by atoms with Crippen molar-refractivity contribution in [2.45, 2.75) is 32.6 Å². The lowest BCUT2D eigenvalue weighted by Crippen LogP contribution is -2.00. The molecule has 86 valence electrons. The van der Waals surface area contributed by atoms with Crippen molar-refractivity contribution < 1.29 is 4.74 Å². The average molecular weight is 219 g/mol. The fraction of sp³-hybridized carbons (Fsp3) is 0.500. The maximum Gasteiger partial charge on any atom is 0.216 e. The second-order valence-corrected chi connectivity index (χ2v) is 3.81. The summed E-state index contributed by atoms with van der Waals surface area (Å²) >= 11 is 0. The van der Waals surface area contributed by atoms with Gasteiger partial charge in [0, 0.05) is 18.3 Å². The zero-order valence-corrected chi connectivity index (χ0v) is 9.59. The number of aromatic nitrogens is 3. The highest BCUT2D eigenvalue weighted by Gasteiger charge is 1.98. The van der Waals surface area contributed by atoms with Gasteiger partial charge in [-0.25, -0.2) is 4.52 Å². The Morgan fingerprint density at radius 3 is 3.06 bits per heavy atom. The van der Waals surface area contributed by atoms with Crippen LogP contribution in [-0.4, -0.2) is 21.2 Å². The first-order valence-electron chi connectivity index (χ1n) is 5.83. The van der Waals surface area contributed by atoms with Crippen molar-refractivity contribution in [3.63, 3.8) is 0 Å². The van der Waals surface area contributed by atoms with E-state index in [4.69, 9.17) is 4.74 Å². The lowest BCUT2D eigenvalue weighted by atomic mass is 10.2. The fourth-order valence-electron chi connectivity index (χ4n) is 1.58. The number of rotatable bonds is 6. The molecule has 0 aromatic carbocycles. The maximum absolute atomic E-state index is 5.58. The minimum atomic E-state index is 0.685. The third-order valence-corrected chi connectivity index (χ3v) is 2.48. The first-order chi connectivity index (χ1) is 7.90. The summed E-state index contributed by atoms with van der Waals surface area (Å²) in [6.07, 6.45) is 8.45. The molecule has 16 heavy (non-hydrogen) atoms. The Labute approximate surface area is 95.3 Å². The van der Waals surface area contributed by atoms with Crippen LogP contribution < -0.4 is 4.74 Å². The molecule has 0 spiro atoms. The third-order valence-electron chi connectivity index (χ3n) is 2.48. The molecule has 4 nitrogen and oxygen atoms in total. The summed E-state index contributed by atoms with van der Waals surface area (Å²) in [4.78, 5) is 4.33. The summed E-state index contributed by atoms with van der Waals surface area (Å²) < 4.78 is 7.30. The summed E-state index contributed by atoms with van der Waals surface area (Å²) in [6.45, 7) is 2.95. The molecule has 0 atom stereocenters. The molecule has 0 aliphatic heterocycles. The summed E-state index contributed by atoms with van der Waals surface area (Å²) in [5, 5.41) is 4.08. The molecule has 2 aromatic heterocycles. The molecule has 2 aromatic rings. The smallest absolute Gasteiger partial charge is 0.216 e. The van der Waals surface area contributed by atoms with Gasteiger partial charge in [0.15, 0.2) is 5.65 Å². The van der Waals surface area contributed by atoms with Crippen molar-refractivity contribution in [2.75, 3.05) is 6.61 Å². The van der Waals surface area contributed by atoms with Crippen LogP contribution in [0.15, 0.2) is 24.5 Å². The van der Waals surface area contributed by atoms with Crippen LogP contribution in [0, 0.1) is 0 Å². The first kappa shape index (κ1) is 10.9. The molecule has 0 N–H and O–H groups in total. The largest absolute Gasteiger partial charge is 0.478 e. The van der Waals surface area contributed by atoms with Gasteiger partial charge in [0.1, 0.15) is 0 Å². The van der Waals surface area contributed by atoms with Gasteiger partial charge >= 0.3 is 0 Å². The highest BCUT2D eigenvalue weighted by atomic mass is 16.5. The predicted molar refractivity (Wildman–Crippen MR) is 62.6 cm³/mol. The zero-order valence-electron chi connectivity index (χ0n) is 9.59. The minimum absolute atomic E-state index is 0.685. The van der Waals surface area contributed by atoms with Gasteiger partial charge in [-0.1, -0.05) is 26.2 Å². The second kappa shape index (κ2) is 5.49. The van der Waals surface area contributed by atoms with E-state index < -0.39 is 0 Å². The lowest BCUT2D eigenvalue weighted by Gasteiger charge is -2.04. The van der Waals surface area contributed by atoms with Gasteiger partial charge in [-0.15, -0.1) is 0 Å². The van der Waals surface area contributed by atoms with E-state index in [0.717, 1.165) is 18.7 Å². The van der Waals surface area contributed by atoms with E-state index in [2.05, 4.69) is 17.0 Å². The topological polar surface area (TPSA) is 39.4 Å². The molecular formula is C12H17N3O. The third kappa shape index (κ3) is 2.72. The van der Waals surface area contributed by atoms with Crippen LogP contribution in [0.2, 0.25) is 0 Å². The Balaban J connectivity index is 1.84. The highest BCUT2D eigenvalue weighted by molar-refractivity contribution is 5.37. The molecule has 0 saturated heterocycles. The quantitative estimate of drug-likeness (QED) is 0.701. The Hall–Kier alpha value is -1.58. The highest BCUT2D eigenvalue weighted by Crippen LogP contribution is 2.09. The van der Waals surface area contributed by atoms with Crippen molar-refractivity contribution in [1.29, 1.82) is 0 Å². The number of nitrogens with zero attached hydrogens (tertiary/aromatic N) is 3. The second-order valence-electron chi connectivity index (χ2n) is 3.81. The van der Waals surface area contributed by atoms with Gasteiger partial charge in [-0.05, 0) is 6.42 Å². The van der Waals surface area contributed by atoms with Gasteiger partial charge in [0.2, 0.25) is 5.88 Å². The number of hydrogen-bond donors (Lipinski definition) is 0. The molecule has 2 heterocycles. The van der Waals surface area contributed by atoms with Gasteiger partial charge in [0.05, 0.1) is 12.8 Å². The first-order valence-corrected chi connectivity index (χ1v) is 5.83. The zero-order chi connectivity index (χ0) is 11.2. The van der Waals surface area contributed by atoms with Crippen LogP contribution in [0.5, 0.6) is 5.88 Å². The van der Waals surface area contributed by atoms with Crippen molar-refractivity contribution >= 4 is 5.65 Å². The molecule has 4 heteroatoms. The van der Waals surface area contributed by atoms with Crippen molar-refractivity contribution in [3.8, 4) is 5.88 Å². The minimum Gasteiger partial charge on any atom is -0.478 e. The maximum atomic E-state index is 5.58. The van der Waals surface area contributed by atoms with E-state index in [-0.39, 0.29) is 0 Å². The lowest BCUT2D eigenvalue weighted by molar-refractivity contribution is 0.294. The number of hydrogen-bond acceptors (Lipinski definition) is 3. The normalized spacial score (nSPS) is 10.8. The van der Waals surface area contributed by atoms with Gasteiger partial charge < -0.3 is 4.74 Å². The molecule has 0 unspecified atom stereocenters. The Bertz CT molecular complexity index is 439. The molecule has 0 radical (unpaired) electrons. The Morgan fingerprint density at radius 2 is 2.19 bits per heavy atom. The van der Waals surface area contributed by atoms with Crippen LogP contribution in [-0.2, 0) is 0 Å². The van der Waals surface area contributed by atoms with Gasteiger partial charge in [0.25, 0.3) is 0 Å². The van der Waals surface area contributed by atoms with Gasteiger partial charge in [-0.3, -0.25) is 0 Å². The SMILES string of the molecule is CCCCCCOc1ccn2nccc2n1. The molecule has 0 fully saturated rings. The van der Waals surface area contributed by atoms with E-state index in [9.17, 15) is 0 Å². The fourth-order valence-corrected chi connectivity index (χ4v) is 1.58. The number of fused-ring (bicyclic) bond motifs is 1. The molecule has 0 amide bonds. The predicted octanol–water partition coefficient (Wildman–Crippen LogP) is 2.69. The van der Waals surface area contributed by atoms with E-state index >= 15 is 0 Å². The summed E-state index contributed by atoms with van der Waals surface area (Å²) in [5.74, 6) is 0.685. The number of unbranched alkanes of at least 4 members (excludes halogenated alkanes) is 3. The average Bonchev–Trinajstić information content (AvgIpc) is 2.76. The van der Waals surface area contributed by atoms with Gasteiger partial charge in [-0.2, -0.15) is 10.1 Å². The van der Waals surface area contributed by atoms with E-state index in [1.165, 1.54) is 19.3 Å². The standard InChI is InChI=1S/C12H17N3O/c1-2-3-4-5-10-16-12-7-9-15-11(14-12)6-8-13-15/h6-9H,2-5,10H2,1H3. The molecule has 0 aliphatic carbocycles. The molecular weight excluding hydrogens is 202 g/mol. The van der Waals surface area contributed by atoms with Crippen LogP contribution in [0.25, 0.3) is 5.65 Å². The molecule has 0 bridgehead atoms. The van der Waals surface area contributed by atoms with E-state index in [1.807, 2.05) is 18.3 Å². The van der Waals surface area contributed by atoms with Crippen LogP contribution >= 0.6 is 0 Å². The van der Waals surface area contributed by atoms with E-state index in [1.54, 1.807) is 10.7 Å². The van der Waals surface area contributed by atoms with Crippen LogP contribution in [0.3, 0.4) is 0 Å². The van der Waals surface area contributed by atoms with Crippen molar-refractivity contribution in [1.82, 2.24) is 14.6 Å². The Kier molecular flexibility index (Phi) is 3.75. The van der Waals surface area contributed by atoms with E-state index in [0.29, 0.717) is 5.88 Å². The molecule has 0 saturated carbocycles. The number of ether oxygens (including phenoxy) is 1. The summed E-state index contributed by atoms with van der Waals surface area (Å²) in [7, 11) is 0. The van der Waals surface area contributed by atoms with Crippen LogP contribution in [0.1, 0.15) is 32.6 Å². The summed E-state index contributed by atoms with van der Waals surface area (Å²) in [5.41, 5.74) is 0.825. The van der Waals surface area contributed by atoms with Crippen molar-refractivity contribution in [3.05, 3.63) is 24.5 Å². The monoisotopic (exact) mass is 219 g/mol. The van der Waals surface area contributed by atoms with Crippen LogP contribution in [0.4, 0.5) is 0 Å².